The van der Waals surface area contributed by atoms with Crippen LogP contribution in [0.5, 0.6) is 0 Å². The second kappa shape index (κ2) is 36.2. The van der Waals surface area contributed by atoms with Gasteiger partial charge in [-0.05, 0) is 100 Å². The monoisotopic (exact) mass is 1520 g/mol. The molecule has 0 bridgehead atoms. The predicted octanol–water partition coefficient (Wildman–Crippen LogP) is 1.41. The summed E-state index contributed by atoms with van der Waals surface area (Å²) in [5, 5.41) is 40.2. The Bertz CT molecular complexity index is 4840. The number of imidazole rings is 1. The lowest BCUT2D eigenvalue weighted by Gasteiger charge is -2.29. The number of nitrogens with one attached hydrogen (secondary N) is 13. The lowest BCUT2D eigenvalue weighted by atomic mass is 10.1. The van der Waals surface area contributed by atoms with Crippen molar-refractivity contribution in [2.24, 2.45) is 73.6 Å². The van der Waals surface area contributed by atoms with Crippen LogP contribution >= 0.6 is 0 Å². The first-order chi connectivity index (χ1) is 52.3. The number of amides is 13. The maximum atomic E-state index is 14.0. The fourth-order valence-corrected chi connectivity index (χ4v) is 12.5. The van der Waals surface area contributed by atoms with E-state index >= 15 is 0 Å². The van der Waals surface area contributed by atoms with E-state index in [1.165, 1.54) is 99.6 Å². The molecule has 0 radical (unpaired) electrons. The highest BCUT2D eigenvalue weighted by Crippen LogP contribution is 2.26. The normalized spacial score (nSPS) is 13.0. The Morgan fingerprint density at radius 1 is 0.436 bits per heavy atom. The Labute approximate surface area is 630 Å². The molecular formula is C71H92N26O13. The molecule has 39 nitrogen and oxygen atoms in total. The van der Waals surface area contributed by atoms with Gasteiger partial charge in [-0.25, -0.2) is 4.98 Å². The van der Waals surface area contributed by atoms with Crippen molar-refractivity contribution in [2.75, 3.05) is 69.9 Å². The van der Waals surface area contributed by atoms with Gasteiger partial charge in [0, 0.05) is 151 Å². The summed E-state index contributed by atoms with van der Waals surface area (Å²) in [5.74, 6) is -6.97. The summed E-state index contributed by atoms with van der Waals surface area (Å²) in [5.41, 5.74) is 20.0. The molecule has 9 rings (SSSR count). The van der Waals surface area contributed by atoms with Gasteiger partial charge in [-0.3, -0.25) is 67.7 Å². The number of anilines is 7. The molecule has 19 N–H and O–H groups in total. The van der Waals surface area contributed by atoms with Gasteiger partial charge in [0.25, 0.3) is 47.3 Å². The molecule has 39 heteroatoms. The van der Waals surface area contributed by atoms with E-state index in [2.05, 4.69) is 68.8 Å². The minimum atomic E-state index is -1.03. The van der Waals surface area contributed by atoms with Crippen LogP contribution in [0.3, 0.4) is 0 Å². The highest BCUT2D eigenvalue weighted by molar-refractivity contribution is 6.11. The van der Waals surface area contributed by atoms with Crippen molar-refractivity contribution in [3.05, 3.63) is 144 Å². The van der Waals surface area contributed by atoms with Crippen molar-refractivity contribution in [1.82, 2.24) is 73.0 Å². The summed E-state index contributed by atoms with van der Waals surface area (Å²) < 4.78 is 12.2. The van der Waals surface area contributed by atoms with E-state index in [0.717, 1.165) is 0 Å². The summed E-state index contributed by atoms with van der Waals surface area (Å²) in [6.07, 6.45) is 16.7. The third-order valence-corrected chi connectivity index (χ3v) is 18.1. The van der Waals surface area contributed by atoms with Gasteiger partial charge in [0.05, 0.1) is 39.8 Å². The van der Waals surface area contributed by atoms with Crippen molar-refractivity contribution in [1.29, 1.82) is 5.41 Å². The average molecular weight is 1520 g/mol. The molecular weight excluding hydrogens is 1420 g/mol. The number of nitrogens with two attached hydrogens (primary N) is 3. The maximum Gasteiger partial charge on any atom is 0.291 e. The highest BCUT2D eigenvalue weighted by atomic mass is 16.2. The van der Waals surface area contributed by atoms with Crippen LogP contribution in [-0.2, 0) is 80.4 Å². The van der Waals surface area contributed by atoms with Gasteiger partial charge in [0.15, 0.2) is 11.8 Å². The van der Waals surface area contributed by atoms with Gasteiger partial charge in [0.1, 0.15) is 58.0 Å². The van der Waals surface area contributed by atoms with E-state index in [9.17, 15) is 62.3 Å². The molecule has 1 saturated heterocycles. The molecule has 1 aliphatic heterocycles. The van der Waals surface area contributed by atoms with Gasteiger partial charge in [-0.2, -0.15) is 0 Å². The Kier molecular flexibility index (Phi) is 26.5. The van der Waals surface area contributed by atoms with Crippen LogP contribution in [-0.4, -0.2) is 180 Å². The average Bonchev–Trinajstić information content (AvgIpc) is 1.66. The van der Waals surface area contributed by atoms with Gasteiger partial charge in [-0.15, -0.1) is 0 Å². The first-order valence-electron chi connectivity index (χ1n) is 35.2. The molecule has 13 amide bonds. The van der Waals surface area contributed by atoms with Crippen LogP contribution in [0.15, 0.2) is 98.2 Å². The molecule has 0 saturated carbocycles. The molecule has 584 valence electrons. The van der Waals surface area contributed by atoms with Crippen molar-refractivity contribution in [3.8, 4) is 0 Å². The standard InChI is InChI=1S/C71H92N26O13/c1-89-25-23-76-60(89)69(109)86-46-32-56(96(8)39-46)68(108)85-45-31-53(94(6)38-45)65(105)81-41-27-50(90(2)34-41)61(101)77-20-12-17-57(98)80-40-26-52(92(4)33-40)64(104)83-43-29-55(95(7)36-43)67(107)84-44-30-54(93(5)37-44)66(106)82-42-28-51(91(3)35-42)62(102)78-22-18-58(99)87-48(14-9-10-19-72)70(110)97-24-13-16-49(97)63(103)88-47(59(73)100)15-11-21-79-71(74)75/h23,25-39,47-49H,9-22,24,72H2,1-8H3,(H2,73,100)(H,77,101)(H,78,102)(H,80,98)(H,81,105)(H,82,106)(H,83,104)(H,84,107)(H,85,108)(H,86,109)(H,87,99)(H,88,103)(H4,74,75,79). The minimum Gasteiger partial charge on any atom is -0.370 e. The molecule has 110 heavy (non-hydrogen) atoms. The molecule has 1 aliphatic rings. The van der Waals surface area contributed by atoms with Crippen molar-refractivity contribution >= 4 is 123 Å². The molecule has 0 aliphatic carbocycles. The first-order valence-corrected chi connectivity index (χ1v) is 35.2. The molecule has 0 aromatic carbocycles. The number of nitrogens with zero attached hydrogens (tertiary/aromatic N) is 10. The third kappa shape index (κ3) is 20.8. The first kappa shape index (κ1) is 80.6. The van der Waals surface area contributed by atoms with Crippen LogP contribution in [0.1, 0.15) is 148 Å². The Balaban J connectivity index is 0.683. The van der Waals surface area contributed by atoms with Gasteiger partial charge >= 0.3 is 0 Å². The number of hydrogen-bond donors (Lipinski definition) is 16. The van der Waals surface area contributed by atoms with Crippen LogP contribution in [0.4, 0.5) is 39.8 Å². The van der Waals surface area contributed by atoms with Crippen LogP contribution in [0.2, 0.25) is 0 Å². The summed E-state index contributed by atoms with van der Waals surface area (Å²) in [6, 6.07) is 7.37. The highest BCUT2D eigenvalue weighted by Gasteiger charge is 2.39. The zero-order chi connectivity index (χ0) is 79.8. The number of unbranched alkanes of at least 4 members (excludes halogenated alkanes) is 1. The summed E-state index contributed by atoms with van der Waals surface area (Å²) >= 11 is 0. The molecule has 8 aromatic rings. The van der Waals surface area contributed by atoms with Crippen LogP contribution in [0.25, 0.3) is 0 Å². The number of likely N-dealkylation sites (tertiary alicyclic amines) is 1. The molecule has 3 unspecified atom stereocenters. The Morgan fingerprint density at radius 2 is 0.818 bits per heavy atom. The SMILES string of the molecule is Cn1cc(NC(=O)c2cc(NC(=O)c3cc(NC(=O)c4nccn4C)cn3C)cn2C)cc1C(=O)NCCCC(=O)Nc1cc(C(=O)Nc2cc(C(=O)Nc3cc(C(=O)Nc4cc(C(=O)NCCC(=O)NC(CCCCN)C(=O)N5CCCC5C(=O)NC(CCCNC(=N)N)C(N)=O)n(C)c4)n(C)c3)n(C)c2)n(C)c1. The van der Waals surface area contributed by atoms with Crippen LogP contribution in [0, 0.1) is 5.41 Å². The molecule has 3 atom stereocenters. The molecule has 0 spiro atoms. The lowest BCUT2D eigenvalue weighted by molar-refractivity contribution is -0.142. The number of guanidine groups is 1. The molecule has 8 aromatic heterocycles. The number of rotatable bonds is 35. The predicted molar refractivity (Wildman–Crippen MR) is 406 cm³/mol. The fraction of sp³-hybridized carbons (Fsp3) is 0.366. The molecule has 1 fully saturated rings. The number of aryl methyl sites for hydroxylation is 8. The summed E-state index contributed by atoms with van der Waals surface area (Å²) in [7, 11) is 13.0. The molecule has 9 heterocycles. The topological polar surface area (TPSA) is 524 Å². The number of carbonyl (C=O) groups excluding carboxylic acids is 13. The zero-order valence-corrected chi connectivity index (χ0v) is 62.1. The van der Waals surface area contributed by atoms with Gasteiger partial charge in [-0.1, -0.05) is 0 Å². The summed E-state index contributed by atoms with van der Waals surface area (Å²) in [4.78, 5) is 179. The van der Waals surface area contributed by atoms with E-state index in [1.54, 1.807) is 96.5 Å². The Hall–Kier alpha value is -13.5. The van der Waals surface area contributed by atoms with E-state index in [-0.39, 0.29) is 133 Å². The number of primary amides is 1. The zero-order valence-electron chi connectivity index (χ0n) is 62.1. The van der Waals surface area contributed by atoms with Crippen molar-refractivity contribution in [2.45, 2.75) is 82.3 Å². The lowest BCUT2D eigenvalue weighted by Crippen LogP contribution is -2.56. The van der Waals surface area contributed by atoms with Crippen molar-refractivity contribution < 1.29 is 62.3 Å². The van der Waals surface area contributed by atoms with E-state index in [0.29, 0.717) is 61.4 Å². The fourth-order valence-electron chi connectivity index (χ4n) is 12.5. The number of aromatic nitrogens is 9. The second-order valence-electron chi connectivity index (χ2n) is 26.6. The Morgan fingerprint density at radius 3 is 1.21 bits per heavy atom. The largest absolute Gasteiger partial charge is 0.370 e. The van der Waals surface area contributed by atoms with E-state index in [4.69, 9.17) is 22.6 Å². The summed E-state index contributed by atoms with van der Waals surface area (Å²) in [6.45, 7) is 0.859. The number of hydrogen-bond acceptors (Lipinski definition) is 16. The van der Waals surface area contributed by atoms with Crippen molar-refractivity contribution in [3.63, 3.8) is 0 Å². The van der Waals surface area contributed by atoms with Gasteiger partial charge in [0.2, 0.25) is 29.5 Å². The van der Waals surface area contributed by atoms with Crippen LogP contribution < -0.4 is 81.0 Å². The second-order valence-corrected chi connectivity index (χ2v) is 26.6. The van der Waals surface area contributed by atoms with E-state index in [1.807, 2.05) is 0 Å². The third-order valence-electron chi connectivity index (χ3n) is 18.1. The van der Waals surface area contributed by atoms with E-state index < -0.39 is 89.0 Å². The minimum absolute atomic E-state index is 0.0102. The van der Waals surface area contributed by atoms with Gasteiger partial charge < -0.3 is 122 Å². The maximum absolute atomic E-state index is 14.0. The smallest absolute Gasteiger partial charge is 0.291 e. The quantitative estimate of drug-likeness (QED) is 0.0152. The number of carbonyl (C=O) groups is 13.